The van der Waals surface area contributed by atoms with E-state index in [2.05, 4.69) is 10.2 Å². The van der Waals surface area contributed by atoms with Gasteiger partial charge in [-0.2, -0.15) is 18.4 Å². The first-order valence-corrected chi connectivity index (χ1v) is 8.74. The van der Waals surface area contributed by atoms with E-state index in [1.54, 1.807) is 18.2 Å². The Morgan fingerprint density at radius 2 is 1.79 bits per heavy atom. The Bertz CT molecular complexity index is 892. The first-order valence-electron chi connectivity index (χ1n) is 8.74. The van der Waals surface area contributed by atoms with Gasteiger partial charge in [0, 0.05) is 24.5 Å². The molecule has 2 aromatic rings. The van der Waals surface area contributed by atoms with E-state index in [0.29, 0.717) is 5.56 Å². The van der Waals surface area contributed by atoms with Gasteiger partial charge in [-0.1, -0.05) is 18.2 Å². The Kier molecular flexibility index (Phi) is 6.83. The molecule has 0 aliphatic rings. The number of hydrogen-bond acceptors (Lipinski definition) is 3. The molecular formula is C21H20F3N3O. The molecule has 0 heterocycles. The van der Waals surface area contributed by atoms with Gasteiger partial charge in [0.1, 0.15) is 11.6 Å². The summed E-state index contributed by atoms with van der Waals surface area (Å²) in [7, 11) is 0. The number of nitrogens with zero attached hydrogens (tertiary/aromatic N) is 2. The Labute approximate surface area is 161 Å². The number of benzene rings is 2. The summed E-state index contributed by atoms with van der Waals surface area (Å²) in [5.41, 5.74) is 0.561. The van der Waals surface area contributed by atoms with Crippen molar-refractivity contribution in [2.75, 3.05) is 23.3 Å². The van der Waals surface area contributed by atoms with Crippen LogP contribution in [0.5, 0.6) is 0 Å². The van der Waals surface area contributed by atoms with E-state index in [4.69, 9.17) is 0 Å². The normalized spacial score (nSPS) is 11.6. The van der Waals surface area contributed by atoms with E-state index < -0.39 is 17.6 Å². The van der Waals surface area contributed by atoms with Gasteiger partial charge in [-0.25, -0.2) is 0 Å². The maximum absolute atomic E-state index is 12.8. The number of amides is 1. The van der Waals surface area contributed by atoms with Crippen molar-refractivity contribution in [2.24, 2.45) is 0 Å². The molecule has 0 aliphatic heterocycles. The van der Waals surface area contributed by atoms with Gasteiger partial charge in [0.25, 0.3) is 5.91 Å². The van der Waals surface area contributed by atoms with E-state index in [0.717, 1.165) is 30.9 Å². The Hall–Kier alpha value is -3.27. The number of nitrogens with one attached hydrogen (secondary N) is 1. The molecule has 0 saturated heterocycles. The summed E-state index contributed by atoms with van der Waals surface area (Å²) < 4.78 is 38.3. The van der Waals surface area contributed by atoms with Crippen LogP contribution < -0.4 is 10.2 Å². The molecule has 2 rings (SSSR count). The first kappa shape index (κ1) is 21.0. The molecule has 0 fully saturated rings. The standard InChI is InChI=1S/C21H20F3N3O/c1-3-27(4-2)19-10-8-15(9-11-19)12-16(14-25)20(28)26-18-7-5-6-17(13-18)21(22,23)24/h5-13H,3-4H2,1-2H3,(H,26,28)/b16-12+. The third-order valence-corrected chi connectivity index (χ3v) is 4.15. The molecule has 146 valence electrons. The zero-order valence-corrected chi connectivity index (χ0v) is 15.5. The van der Waals surface area contributed by atoms with E-state index in [1.165, 1.54) is 18.2 Å². The average Bonchev–Trinajstić information content (AvgIpc) is 2.67. The zero-order valence-electron chi connectivity index (χ0n) is 15.5. The molecule has 1 N–H and O–H groups in total. The van der Waals surface area contributed by atoms with Crippen LogP contribution in [0.3, 0.4) is 0 Å². The molecular weight excluding hydrogens is 367 g/mol. The van der Waals surface area contributed by atoms with Crippen LogP contribution in [0.4, 0.5) is 24.5 Å². The average molecular weight is 387 g/mol. The Balaban J connectivity index is 2.19. The maximum atomic E-state index is 12.8. The highest BCUT2D eigenvalue weighted by atomic mass is 19.4. The largest absolute Gasteiger partial charge is 0.416 e. The minimum Gasteiger partial charge on any atom is -0.372 e. The lowest BCUT2D eigenvalue weighted by atomic mass is 10.1. The van der Waals surface area contributed by atoms with Gasteiger partial charge in [-0.3, -0.25) is 4.79 Å². The number of halogens is 3. The molecule has 0 bridgehead atoms. The van der Waals surface area contributed by atoms with E-state index >= 15 is 0 Å². The molecule has 0 unspecified atom stereocenters. The molecule has 28 heavy (non-hydrogen) atoms. The van der Waals surface area contributed by atoms with Crippen molar-refractivity contribution in [1.82, 2.24) is 0 Å². The van der Waals surface area contributed by atoms with Gasteiger partial charge in [0.05, 0.1) is 5.56 Å². The fourth-order valence-electron chi connectivity index (χ4n) is 2.66. The lowest BCUT2D eigenvalue weighted by Crippen LogP contribution is -2.21. The number of rotatable bonds is 6. The topological polar surface area (TPSA) is 56.1 Å². The quantitative estimate of drug-likeness (QED) is 0.554. The molecule has 0 aliphatic carbocycles. The van der Waals surface area contributed by atoms with E-state index in [1.807, 2.05) is 26.0 Å². The SMILES string of the molecule is CCN(CC)c1ccc(/C=C(\C#N)C(=O)Nc2cccc(C(F)(F)F)c2)cc1. The van der Waals surface area contributed by atoms with Crippen molar-refractivity contribution in [3.8, 4) is 6.07 Å². The fraction of sp³-hybridized carbons (Fsp3) is 0.238. The molecule has 1 amide bonds. The summed E-state index contributed by atoms with van der Waals surface area (Å²) in [5.74, 6) is -0.769. The Morgan fingerprint density at radius 1 is 1.14 bits per heavy atom. The van der Waals surface area contributed by atoms with E-state index in [-0.39, 0.29) is 11.3 Å². The van der Waals surface area contributed by atoms with Crippen molar-refractivity contribution in [3.05, 3.63) is 65.2 Å². The predicted octanol–water partition coefficient (Wildman–Crippen LogP) is 5.10. The maximum Gasteiger partial charge on any atom is 0.416 e. The molecule has 0 atom stereocenters. The third kappa shape index (κ3) is 5.36. The predicted molar refractivity (Wildman–Crippen MR) is 104 cm³/mol. The highest BCUT2D eigenvalue weighted by Gasteiger charge is 2.30. The lowest BCUT2D eigenvalue weighted by Gasteiger charge is -2.20. The van der Waals surface area contributed by atoms with Gasteiger partial charge in [-0.15, -0.1) is 0 Å². The number of carbonyl (C=O) groups is 1. The van der Waals surface area contributed by atoms with Crippen molar-refractivity contribution >= 4 is 23.4 Å². The van der Waals surface area contributed by atoms with Crippen LogP contribution >= 0.6 is 0 Å². The second kappa shape index (κ2) is 9.09. The minimum atomic E-state index is -4.51. The van der Waals surface area contributed by atoms with Gasteiger partial charge in [0.15, 0.2) is 0 Å². The first-order chi connectivity index (χ1) is 13.3. The molecule has 0 radical (unpaired) electrons. The number of hydrogen-bond donors (Lipinski definition) is 1. The van der Waals surface area contributed by atoms with Crippen molar-refractivity contribution in [3.63, 3.8) is 0 Å². The molecule has 7 heteroatoms. The second-order valence-electron chi connectivity index (χ2n) is 5.97. The minimum absolute atomic E-state index is 0.0298. The molecule has 0 aromatic heterocycles. The van der Waals surface area contributed by atoms with Gasteiger partial charge in [0.2, 0.25) is 0 Å². The highest BCUT2D eigenvalue weighted by molar-refractivity contribution is 6.09. The summed E-state index contributed by atoms with van der Waals surface area (Å²) in [6.07, 6.45) is -3.11. The lowest BCUT2D eigenvalue weighted by molar-refractivity contribution is -0.137. The number of nitriles is 1. The molecule has 4 nitrogen and oxygen atoms in total. The van der Waals surface area contributed by atoms with Crippen LogP contribution in [-0.2, 0) is 11.0 Å². The fourth-order valence-corrected chi connectivity index (χ4v) is 2.66. The van der Waals surface area contributed by atoms with Crippen molar-refractivity contribution in [2.45, 2.75) is 20.0 Å². The number of alkyl halides is 3. The van der Waals surface area contributed by atoms with Crippen molar-refractivity contribution in [1.29, 1.82) is 5.26 Å². The smallest absolute Gasteiger partial charge is 0.372 e. The van der Waals surface area contributed by atoms with E-state index in [9.17, 15) is 23.2 Å². The summed E-state index contributed by atoms with van der Waals surface area (Å²) in [6.45, 7) is 5.80. The zero-order chi connectivity index (χ0) is 20.7. The third-order valence-electron chi connectivity index (χ3n) is 4.15. The van der Waals surface area contributed by atoms with Crippen LogP contribution in [0.15, 0.2) is 54.1 Å². The molecule has 0 saturated carbocycles. The number of anilines is 2. The van der Waals surface area contributed by atoms with Gasteiger partial charge >= 0.3 is 6.18 Å². The molecule has 2 aromatic carbocycles. The molecule has 0 spiro atoms. The van der Waals surface area contributed by atoms with Gasteiger partial charge < -0.3 is 10.2 Å². The van der Waals surface area contributed by atoms with Crippen LogP contribution in [0.1, 0.15) is 25.0 Å². The van der Waals surface area contributed by atoms with Crippen molar-refractivity contribution < 1.29 is 18.0 Å². The van der Waals surface area contributed by atoms with Crippen LogP contribution in [0.25, 0.3) is 6.08 Å². The number of carbonyl (C=O) groups excluding carboxylic acids is 1. The van der Waals surface area contributed by atoms with Crippen LogP contribution in [-0.4, -0.2) is 19.0 Å². The summed E-state index contributed by atoms with van der Waals surface area (Å²) in [4.78, 5) is 14.4. The van der Waals surface area contributed by atoms with Crippen LogP contribution in [0, 0.1) is 11.3 Å². The van der Waals surface area contributed by atoms with Crippen LogP contribution in [0.2, 0.25) is 0 Å². The summed E-state index contributed by atoms with van der Waals surface area (Å²) in [6, 6.07) is 13.4. The summed E-state index contributed by atoms with van der Waals surface area (Å²) >= 11 is 0. The Morgan fingerprint density at radius 3 is 2.32 bits per heavy atom. The second-order valence-corrected chi connectivity index (χ2v) is 5.97. The monoisotopic (exact) mass is 387 g/mol. The van der Waals surface area contributed by atoms with Gasteiger partial charge in [-0.05, 0) is 55.8 Å². The summed E-state index contributed by atoms with van der Waals surface area (Å²) in [5, 5.41) is 11.6. The highest BCUT2D eigenvalue weighted by Crippen LogP contribution is 2.30.